The maximum absolute atomic E-state index is 12.8. The first-order chi connectivity index (χ1) is 13.0. The van der Waals surface area contributed by atoms with Crippen LogP contribution in [0.4, 0.5) is 5.69 Å². The van der Waals surface area contributed by atoms with Crippen LogP contribution in [-0.4, -0.2) is 58.1 Å². The van der Waals surface area contributed by atoms with Gasteiger partial charge in [-0.1, -0.05) is 11.6 Å². The number of carbonyl (C=O) groups is 2. The van der Waals surface area contributed by atoms with Crippen LogP contribution in [0.2, 0.25) is 5.02 Å². The summed E-state index contributed by atoms with van der Waals surface area (Å²) >= 11 is 6.05. The van der Waals surface area contributed by atoms with Crippen LogP contribution in [0.25, 0.3) is 0 Å². The fraction of sp³-hybridized carbons (Fsp3) is 0.444. The SMILES string of the molecule is Cc1nc(C2CCN(C(=O)CN3C(=O)COc4ccc(Cl)cc43)CC2)n[nH]1. The summed E-state index contributed by atoms with van der Waals surface area (Å²) in [5.74, 6) is 2.09. The number of hydrogen-bond acceptors (Lipinski definition) is 5. The number of amides is 2. The quantitative estimate of drug-likeness (QED) is 0.865. The van der Waals surface area contributed by atoms with Gasteiger partial charge in [0.05, 0.1) is 5.69 Å². The fourth-order valence-electron chi connectivity index (χ4n) is 3.51. The number of hydrogen-bond donors (Lipinski definition) is 1. The molecule has 2 aromatic rings. The Morgan fingerprint density at radius 2 is 2.15 bits per heavy atom. The van der Waals surface area contributed by atoms with E-state index in [1.165, 1.54) is 4.90 Å². The summed E-state index contributed by atoms with van der Waals surface area (Å²) in [5, 5.41) is 7.58. The van der Waals surface area contributed by atoms with Gasteiger partial charge in [-0.25, -0.2) is 4.98 Å². The number of nitrogens with zero attached hydrogens (tertiary/aromatic N) is 4. The Balaban J connectivity index is 1.41. The molecule has 0 aliphatic carbocycles. The minimum atomic E-state index is -0.246. The Hall–Kier alpha value is -2.61. The summed E-state index contributed by atoms with van der Waals surface area (Å²) in [6.45, 7) is 3.03. The van der Waals surface area contributed by atoms with Gasteiger partial charge in [0.15, 0.2) is 12.4 Å². The van der Waals surface area contributed by atoms with Crippen molar-refractivity contribution in [1.82, 2.24) is 20.1 Å². The van der Waals surface area contributed by atoms with E-state index in [2.05, 4.69) is 15.2 Å². The lowest BCUT2D eigenvalue weighted by Crippen LogP contribution is -2.48. The third kappa shape index (κ3) is 3.62. The zero-order chi connectivity index (χ0) is 19.0. The van der Waals surface area contributed by atoms with Gasteiger partial charge in [0.2, 0.25) is 5.91 Å². The third-order valence-corrected chi connectivity index (χ3v) is 5.22. The first kappa shape index (κ1) is 17.8. The van der Waals surface area contributed by atoms with Gasteiger partial charge in [0, 0.05) is 24.0 Å². The first-order valence-corrected chi connectivity index (χ1v) is 9.28. The van der Waals surface area contributed by atoms with E-state index in [1.807, 2.05) is 6.92 Å². The highest BCUT2D eigenvalue weighted by Crippen LogP contribution is 2.34. The Morgan fingerprint density at radius 3 is 2.85 bits per heavy atom. The van der Waals surface area contributed by atoms with Gasteiger partial charge in [-0.15, -0.1) is 0 Å². The van der Waals surface area contributed by atoms with Gasteiger partial charge in [0.1, 0.15) is 18.1 Å². The Labute approximate surface area is 161 Å². The van der Waals surface area contributed by atoms with Crippen LogP contribution in [0, 0.1) is 6.92 Å². The van der Waals surface area contributed by atoms with Crippen LogP contribution >= 0.6 is 11.6 Å². The van der Waals surface area contributed by atoms with Crippen molar-refractivity contribution in [2.75, 3.05) is 31.1 Å². The highest BCUT2D eigenvalue weighted by molar-refractivity contribution is 6.31. The molecule has 1 aromatic heterocycles. The molecule has 2 aliphatic rings. The summed E-state index contributed by atoms with van der Waals surface area (Å²) in [6.07, 6.45) is 1.62. The zero-order valence-corrected chi connectivity index (χ0v) is 15.7. The number of fused-ring (bicyclic) bond motifs is 1. The number of halogens is 1. The summed E-state index contributed by atoms with van der Waals surface area (Å²) in [4.78, 5) is 32.7. The summed E-state index contributed by atoms with van der Waals surface area (Å²) in [5.41, 5.74) is 0.540. The molecule has 2 aliphatic heterocycles. The van der Waals surface area contributed by atoms with E-state index in [9.17, 15) is 9.59 Å². The van der Waals surface area contributed by atoms with Gasteiger partial charge in [-0.05, 0) is 38.0 Å². The number of H-pyrrole nitrogens is 1. The Kier molecular flexibility index (Phi) is 4.73. The standard InChI is InChI=1S/C18H20ClN5O3/c1-11-20-18(22-21-11)12-4-6-23(7-5-12)16(25)9-24-14-8-13(19)2-3-15(14)27-10-17(24)26/h2-3,8,12H,4-7,9-10H2,1H3,(H,20,21,22). The van der Waals surface area contributed by atoms with Gasteiger partial charge in [0.25, 0.3) is 5.91 Å². The Morgan fingerprint density at radius 1 is 1.37 bits per heavy atom. The van der Waals surface area contributed by atoms with Crippen molar-refractivity contribution in [3.05, 3.63) is 34.9 Å². The van der Waals surface area contributed by atoms with Crippen LogP contribution in [0.5, 0.6) is 5.75 Å². The molecule has 0 bridgehead atoms. The molecular formula is C18H20ClN5O3. The minimum absolute atomic E-state index is 0.0139. The molecule has 1 N–H and O–H groups in total. The van der Waals surface area contributed by atoms with Crippen molar-refractivity contribution in [3.8, 4) is 5.75 Å². The van der Waals surface area contributed by atoms with Crippen LogP contribution in [-0.2, 0) is 9.59 Å². The molecule has 27 heavy (non-hydrogen) atoms. The lowest BCUT2D eigenvalue weighted by atomic mass is 9.96. The molecule has 0 spiro atoms. The van der Waals surface area contributed by atoms with Crippen molar-refractivity contribution in [2.24, 2.45) is 0 Å². The number of ether oxygens (including phenoxy) is 1. The van der Waals surface area contributed by atoms with E-state index in [1.54, 1.807) is 23.1 Å². The predicted octanol–water partition coefficient (Wildman–Crippen LogP) is 1.90. The van der Waals surface area contributed by atoms with Gasteiger partial charge < -0.3 is 9.64 Å². The zero-order valence-electron chi connectivity index (χ0n) is 14.9. The number of anilines is 1. The van der Waals surface area contributed by atoms with E-state index in [-0.39, 0.29) is 30.9 Å². The number of aromatic amines is 1. The monoisotopic (exact) mass is 389 g/mol. The number of aromatic nitrogens is 3. The predicted molar refractivity (Wildman–Crippen MR) is 99.0 cm³/mol. The molecule has 0 atom stereocenters. The number of likely N-dealkylation sites (tertiary alicyclic amines) is 1. The molecular weight excluding hydrogens is 370 g/mol. The molecule has 8 nitrogen and oxygen atoms in total. The molecule has 0 radical (unpaired) electrons. The van der Waals surface area contributed by atoms with E-state index < -0.39 is 0 Å². The van der Waals surface area contributed by atoms with E-state index >= 15 is 0 Å². The van der Waals surface area contributed by atoms with Gasteiger partial charge >= 0.3 is 0 Å². The number of aryl methyl sites for hydroxylation is 1. The number of piperidine rings is 1. The number of rotatable bonds is 3. The summed E-state index contributed by atoms with van der Waals surface area (Å²) in [6, 6.07) is 5.07. The second-order valence-corrected chi connectivity index (χ2v) is 7.25. The molecule has 3 heterocycles. The highest BCUT2D eigenvalue weighted by atomic mass is 35.5. The molecule has 0 unspecified atom stereocenters. The first-order valence-electron chi connectivity index (χ1n) is 8.90. The molecule has 1 saturated heterocycles. The molecule has 142 valence electrons. The van der Waals surface area contributed by atoms with Crippen LogP contribution in [0.3, 0.4) is 0 Å². The van der Waals surface area contributed by atoms with Gasteiger partial charge in [-0.2, -0.15) is 5.10 Å². The minimum Gasteiger partial charge on any atom is -0.482 e. The fourth-order valence-corrected chi connectivity index (χ4v) is 3.68. The summed E-state index contributed by atoms with van der Waals surface area (Å²) < 4.78 is 5.42. The summed E-state index contributed by atoms with van der Waals surface area (Å²) in [7, 11) is 0. The maximum atomic E-state index is 12.8. The van der Waals surface area contributed by atoms with Crippen LogP contribution in [0.15, 0.2) is 18.2 Å². The number of benzene rings is 1. The normalized spacial score (nSPS) is 17.6. The molecule has 2 amide bonds. The molecule has 9 heteroatoms. The number of carbonyl (C=O) groups excluding carboxylic acids is 2. The van der Waals surface area contributed by atoms with Gasteiger partial charge in [-0.3, -0.25) is 19.6 Å². The second-order valence-electron chi connectivity index (χ2n) is 6.81. The maximum Gasteiger partial charge on any atom is 0.265 e. The second kappa shape index (κ2) is 7.19. The van der Waals surface area contributed by atoms with E-state index in [0.717, 1.165) is 24.5 Å². The smallest absolute Gasteiger partial charge is 0.265 e. The van der Waals surface area contributed by atoms with Crippen molar-refractivity contribution >= 4 is 29.1 Å². The third-order valence-electron chi connectivity index (χ3n) is 4.98. The average molecular weight is 390 g/mol. The lowest BCUT2D eigenvalue weighted by Gasteiger charge is -2.34. The van der Waals surface area contributed by atoms with Crippen molar-refractivity contribution in [1.29, 1.82) is 0 Å². The van der Waals surface area contributed by atoms with Crippen molar-refractivity contribution < 1.29 is 14.3 Å². The lowest BCUT2D eigenvalue weighted by molar-refractivity contribution is -0.132. The average Bonchev–Trinajstić information content (AvgIpc) is 3.10. The van der Waals surface area contributed by atoms with Crippen molar-refractivity contribution in [2.45, 2.75) is 25.7 Å². The molecule has 1 fully saturated rings. The van der Waals surface area contributed by atoms with E-state index in [0.29, 0.717) is 29.5 Å². The van der Waals surface area contributed by atoms with E-state index in [4.69, 9.17) is 16.3 Å². The topological polar surface area (TPSA) is 91.4 Å². The largest absolute Gasteiger partial charge is 0.482 e. The van der Waals surface area contributed by atoms with Crippen LogP contribution < -0.4 is 9.64 Å². The molecule has 0 saturated carbocycles. The number of nitrogens with one attached hydrogen (secondary N) is 1. The highest BCUT2D eigenvalue weighted by Gasteiger charge is 2.31. The van der Waals surface area contributed by atoms with Crippen LogP contribution in [0.1, 0.15) is 30.4 Å². The Bertz CT molecular complexity index is 876. The molecule has 1 aromatic carbocycles. The van der Waals surface area contributed by atoms with Crippen molar-refractivity contribution in [3.63, 3.8) is 0 Å². The molecule has 4 rings (SSSR count).